The van der Waals surface area contributed by atoms with E-state index in [1.807, 2.05) is 30.3 Å². The number of nitrogens with one attached hydrogen (secondary N) is 1. The number of Topliss-reactive ketones (excluding diaryl/α,β-unsaturated/α-hetero) is 1. The largest absolute Gasteiger partial charge is 0.313 e. The summed E-state index contributed by atoms with van der Waals surface area (Å²) in [4.78, 5) is 26.8. The van der Waals surface area contributed by atoms with Crippen molar-refractivity contribution < 1.29 is 14.4 Å². The zero-order valence-electron chi connectivity index (χ0n) is 7.40. The van der Waals surface area contributed by atoms with E-state index < -0.39 is 17.8 Å². The predicted octanol–water partition coefficient (Wildman–Crippen LogP) is 0.228. The van der Waals surface area contributed by atoms with Crippen LogP contribution in [-0.4, -0.2) is 17.8 Å². The molecule has 0 spiro atoms. The minimum Gasteiger partial charge on any atom is -0.286 e. The fraction of sp³-hybridized carbons (Fsp3) is 0.200. The van der Waals surface area contributed by atoms with Gasteiger partial charge in [0.15, 0.2) is 6.10 Å². The van der Waals surface area contributed by atoms with E-state index in [4.69, 9.17) is 4.84 Å². The number of ketones is 1. The van der Waals surface area contributed by atoms with E-state index in [1.54, 1.807) is 0 Å². The molecule has 0 saturated carbocycles. The van der Waals surface area contributed by atoms with Crippen LogP contribution in [0.25, 0.3) is 0 Å². The van der Waals surface area contributed by atoms with Crippen molar-refractivity contribution in [2.45, 2.75) is 12.5 Å². The number of rotatable bonds is 2. The average Bonchev–Trinajstić information content (AvgIpc) is 2.52. The molecular formula is C10H9NO3. The lowest BCUT2D eigenvalue weighted by molar-refractivity contribution is -0.135. The zero-order valence-corrected chi connectivity index (χ0v) is 7.40. The van der Waals surface area contributed by atoms with Crippen molar-refractivity contribution in [1.82, 2.24) is 5.48 Å². The van der Waals surface area contributed by atoms with E-state index in [-0.39, 0.29) is 0 Å². The summed E-state index contributed by atoms with van der Waals surface area (Å²) in [5.74, 6) is -1.17. The van der Waals surface area contributed by atoms with Crippen molar-refractivity contribution in [3.8, 4) is 0 Å². The van der Waals surface area contributed by atoms with Crippen molar-refractivity contribution in [2.24, 2.45) is 0 Å². The molecule has 72 valence electrons. The third kappa shape index (κ3) is 1.65. The van der Waals surface area contributed by atoms with Crippen LogP contribution in [0.15, 0.2) is 30.3 Å². The Labute approximate surface area is 80.8 Å². The maximum Gasteiger partial charge on any atom is 0.313 e. The van der Waals surface area contributed by atoms with Crippen molar-refractivity contribution in [3.63, 3.8) is 0 Å². The molecule has 1 unspecified atom stereocenters. The number of hydrogen-bond donors (Lipinski definition) is 1. The topological polar surface area (TPSA) is 55.4 Å². The van der Waals surface area contributed by atoms with E-state index in [0.29, 0.717) is 6.42 Å². The highest BCUT2D eigenvalue weighted by Gasteiger charge is 2.33. The van der Waals surface area contributed by atoms with Gasteiger partial charge in [0.2, 0.25) is 0 Å². The smallest absolute Gasteiger partial charge is 0.286 e. The van der Waals surface area contributed by atoms with E-state index in [1.165, 1.54) is 0 Å². The Balaban J connectivity index is 2.06. The normalized spacial score (nSPS) is 21.0. The summed E-state index contributed by atoms with van der Waals surface area (Å²) in [6.07, 6.45) is -0.247. The quantitative estimate of drug-likeness (QED) is 0.681. The number of amides is 1. The molecule has 1 fully saturated rings. The van der Waals surface area contributed by atoms with Gasteiger partial charge in [-0.1, -0.05) is 30.3 Å². The molecule has 0 radical (unpaired) electrons. The Morgan fingerprint density at radius 3 is 2.50 bits per heavy atom. The second-order valence-corrected chi connectivity index (χ2v) is 3.09. The van der Waals surface area contributed by atoms with E-state index in [2.05, 4.69) is 5.48 Å². The van der Waals surface area contributed by atoms with Crippen molar-refractivity contribution in [2.75, 3.05) is 0 Å². The fourth-order valence-corrected chi connectivity index (χ4v) is 1.34. The number of hydrogen-bond acceptors (Lipinski definition) is 3. The minimum atomic E-state index is -0.676. The van der Waals surface area contributed by atoms with Gasteiger partial charge < -0.3 is 0 Å². The molecule has 1 atom stereocenters. The number of benzene rings is 1. The molecule has 0 bridgehead atoms. The molecule has 14 heavy (non-hydrogen) atoms. The number of carbonyl (C=O) groups excluding carboxylic acids is 2. The number of carbonyl (C=O) groups is 2. The fourth-order valence-electron chi connectivity index (χ4n) is 1.34. The second kappa shape index (κ2) is 3.59. The lowest BCUT2D eigenvalue weighted by Crippen LogP contribution is -2.22. The molecule has 1 aliphatic heterocycles. The molecule has 1 aromatic carbocycles. The molecule has 4 nitrogen and oxygen atoms in total. The van der Waals surface area contributed by atoms with Crippen LogP contribution in [0.2, 0.25) is 0 Å². The van der Waals surface area contributed by atoms with Gasteiger partial charge in [-0.25, -0.2) is 5.48 Å². The maximum absolute atomic E-state index is 11.2. The Morgan fingerprint density at radius 1 is 1.21 bits per heavy atom. The second-order valence-electron chi connectivity index (χ2n) is 3.09. The van der Waals surface area contributed by atoms with Gasteiger partial charge in [-0.2, -0.15) is 0 Å². The first-order valence-corrected chi connectivity index (χ1v) is 4.31. The molecule has 1 amide bonds. The molecular weight excluding hydrogens is 182 g/mol. The van der Waals surface area contributed by atoms with Crippen LogP contribution in [0.3, 0.4) is 0 Å². The van der Waals surface area contributed by atoms with Gasteiger partial charge >= 0.3 is 5.91 Å². The minimum absolute atomic E-state index is 0.429. The Kier molecular flexibility index (Phi) is 2.28. The highest BCUT2D eigenvalue weighted by Crippen LogP contribution is 2.09. The SMILES string of the molecule is O=C1NOC(Cc2ccccc2)C1=O. The van der Waals surface area contributed by atoms with Gasteiger partial charge in [0, 0.05) is 6.42 Å². The summed E-state index contributed by atoms with van der Waals surface area (Å²) in [6.45, 7) is 0. The van der Waals surface area contributed by atoms with Crippen molar-refractivity contribution >= 4 is 11.7 Å². The van der Waals surface area contributed by atoms with Gasteiger partial charge in [-0.05, 0) is 5.56 Å². The van der Waals surface area contributed by atoms with Crippen LogP contribution in [0.1, 0.15) is 5.56 Å². The molecule has 1 heterocycles. The lowest BCUT2D eigenvalue weighted by Gasteiger charge is -2.04. The number of hydroxylamine groups is 1. The molecule has 1 aliphatic rings. The molecule has 1 N–H and O–H groups in total. The van der Waals surface area contributed by atoms with Gasteiger partial charge in [-0.3, -0.25) is 14.4 Å². The highest BCUT2D eigenvalue weighted by molar-refractivity contribution is 6.38. The van der Waals surface area contributed by atoms with Gasteiger partial charge in [0.25, 0.3) is 5.78 Å². The van der Waals surface area contributed by atoms with Crippen LogP contribution in [0, 0.1) is 0 Å². The van der Waals surface area contributed by atoms with Gasteiger partial charge in [0.1, 0.15) is 0 Å². The van der Waals surface area contributed by atoms with Gasteiger partial charge in [-0.15, -0.1) is 0 Å². The van der Waals surface area contributed by atoms with Crippen molar-refractivity contribution in [3.05, 3.63) is 35.9 Å². The molecule has 2 rings (SSSR count). The molecule has 0 aliphatic carbocycles. The Bertz CT molecular complexity index is 361. The van der Waals surface area contributed by atoms with Crippen LogP contribution in [0.5, 0.6) is 0 Å². The summed E-state index contributed by atoms with van der Waals surface area (Å²) in [5.41, 5.74) is 3.03. The first kappa shape index (κ1) is 8.90. The molecule has 1 saturated heterocycles. The summed E-state index contributed by atoms with van der Waals surface area (Å²) in [7, 11) is 0. The summed E-state index contributed by atoms with van der Waals surface area (Å²) < 4.78 is 0. The summed E-state index contributed by atoms with van der Waals surface area (Å²) >= 11 is 0. The van der Waals surface area contributed by atoms with E-state index in [0.717, 1.165) is 5.56 Å². The summed E-state index contributed by atoms with van der Waals surface area (Å²) in [5, 5.41) is 0. The lowest BCUT2D eigenvalue weighted by atomic mass is 10.1. The predicted molar refractivity (Wildman–Crippen MR) is 48.2 cm³/mol. The molecule has 1 aromatic rings. The zero-order chi connectivity index (χ0) is 9.97. The third-order valence-corrected chi connectivity index (χ3v) is 2.07. The van der Waals surface area contributed by atoms with Crippen LogP contribution in [0.4, 0.5) is 0 Å². The third-order valence-electron chi connectivity index (χ3n) is 2.07. The van der Waals surface area contributed by atoms with Crippen LogP contribution < -0.4 is 5.48 Å². The van der Waals surface area contributed by atoms with E-state index in [9.17, 15) is 9.59 Å². The standard InChI is InChI=1S/C10H9NO3/c12-9-8(14-11-10(9)13)6-7-4-2-1-3-5-7/h1-5,8H,6H2,(H,11,13). The Morgan fingerprint density at radius 2 is 1.93 bits per heavy atom. The monoisotopic (exact) mass is 191 g/mol. The first-order valence-electron chi connectivity index (χ1n) is 4.31. The van der Waals surface area contributed by atoms with Crippen molar-refractivity contribution in [1.29, 1.82) is 0 Å². The van der Waals surface area contributed by atoms with Gasteiger partial charge in [0.05, 0.1) is 0 Å². The Hall–Kier alpha value is -1.68. The highest BCUT2D eigenvalue weighted by atomic mass is 16.7. The molecule has 4 heteroatoms. The van der Waals surface area contributed by atoms with Crippen LogP contribution >= 0.6 is 0 Å². The average molecular weight is 191 g/mol. The molecule has 0 aromatic heterocycles. The van der Waals surface area contributed by atoms with Crippen LogP contribution in [-0.2, 0) is 20.8 Å². The summed E-state index contributed by atoms with van der Waals surface area (Å²) in [6, 6.07) is 9.43. The first-order chi connectivity index (χ1) is 6.77. The van der Waals surface area contributed by atoms with E-state index >= 15 is 0 Å². The maximum atomic E-state index is 11.2.